The summed E-state index contributed by atoms with van der Waals surface area (Å²) in [5.41, 5.74) is 0.565. The molecule has 0 atom stereocenters. The molecule has 0 N–H and O–H groups in total. The van der Waals surface area contributed by atoms with E-state index in [9.17, 15) is 9.59 Å². The van der Waals surface area contributed by atoms with Crippen molar-refractivity contribution in [2.45, 2.75) is 45.1 Å². The fourth-order valence-corrected chi connectivity index (χ4v) is 3.81. The highest BCUT2D eigenvalue weighted by molar-refractivity contribution is 7.20. The highest BCUT2D eigenvalue weighted by atomic mass is 32.1. The molecule has 1 saturated carbocycles. The lowest BCUT2D eigenvalue weighted by atomic mass is 9.98. The maximum Gasteiger partial charge on any atom is 0.348 e. The maximum atomic E-state index is 12.4. The van der Waals surface area contributed by atoms with Crippen LogP contribution in [0.2, 0.25) is 0 Å². The molecule has 5 nitrogen and oxygen atoms in total. The minimum Gasteiger partial charge on any atom is -0.458 e. The van der Waals surface area contributed by atoms with Gasteiger partial charge < -0.3 is 9.30 Å². The first-order chi connectivity index (χ1) is 10.1. The third kappa shape index (κ3) is 2.60. The molecule has 112 valence electrons. The van der Waals surface area contributed by atoms with Crippen molar-refractivity contribution in [2.24, 2.45) is 7.05 Å². The average molecular weight is 306 g/mol. The Balaban J connectivity index is 1.93. The Kier molecular flexibility index (Phi) is 3.80. The summed E-state index contributed by atoms with van der Waals surface area (Å²) in [7, 11) is 1.66. The number of ether oxygens (including phenoxy) is 1. The summed E-state index contributed by atoms with van der Waals surface area (Å²) in [6, 6.07) is 0. The Morgan fingerprint density at radius 1 is 1.38 bits per heavy atom. The SMILES string of the molecule is Cc1c(C(=O)OC2CCCCC2)sc2ncn(C)c(=O)c12. The van der Waals surface area contributed by atoms with Gasteiger partial charge in [-0.2, -0.15) is 0 Å². The van der Waals surface area contributed by atoms with Crippen LogP contribution < -0.4 is 5.56 Å². The summed E-state index contributed by atoms with van der Waals surface area (Å²) in [5.74, 6) is -0.315. The molecule has 1 fully saturated rings. The Bertz CT molecular complexity index is 741. The van der Waals surface area contributed by atoms with E-state index in [4.69, 9.17) is 4.74 Å². The van der Waals surface area contributed by atoms with Gasteiger partial charge in [-0.15, -0.1) is 11.3 Å². The molecule has 0 bridgehead atoms. The number of fused-ring (bicyclic) bond motifs is 1. The smallest absolute Gasteiger partial charge is 0.348 e. The van der Waals surface area contributed by atoms with Crippen LogP contribution in [0.4, 0.5) is 0 Å². The quantitative estimate of drug-likeness (QED) is 0.800. The van der Waals surface area contributed by atoms with Gasteiger partial charge in [-0.3, -0.25) is 4.79 Å². The van der Waals surface area contributed by atoms with Gasteiger partial charge in [0.25, 0.3) is 5.56 Å². The van der Waals surface area contributed by atoms with Gasteiger partial charge >= 0.3 is 5.97 Å². The van der Waals surface area contributed by atoms with Crippen molar-refractivity contribution in [3.05, 3.63) is 27.1 Å². The summed E-state index contributed by atoms with van der Waals surface area (Å²) in [6.07, 6.45) is 6.83. The lowest BCUT2D eigenvalue weighted by Gasteiger charge is -2.21. The van der Waals surface area contributed by atoms with Gasteiger partial charge in [0.15, 0.2) is 0 Å². The average Bonchev–Trinajstić information content (AvgIpc) is 2.82. The molecule has 21 heavy (non-hydrogen) atoms. The third-order valence-corrected chi connectivity index (χ3v) is 5.20. The molecule has 2 aromatic heterocycles. The fourth-order valence-electron chi connectivity index (χ4n) is 2.79. The van der Waals surface area contributed by atoms with E-state index >= 15 is 0 Å². The molecule has 0 aliphatic heterocycles. The lowest BCUT2D eigenvalue weighted by Crippen LogP contribution is -2.21. The molecule has 2 aromatic rings. The molecule has 0 unspecified atom stereocenters. The van der Waals surface area contributed by atoms with Crippen LogP contribution in [0.25, 0.3) is 10.2 Å². The van der Waals surface area contributed by atoms with Crippen LogP contribution in [-0.4, -0.2) is 21.6 Å². The molecule has 2 heterocycles. The van der Waals surface area contributed by atoms with Gasteiger partial charge in [0, 0.05) is 7.05 Å². The van der Waals surface area contributed by atoms with Crippen molar-refractivity contribution in [3.8, 4) is 0 Å². The first-order valence-corrected chi connectivity index (χ1v) is 8.05. The Morgan fingerprint density at radius 3 is 2.81 bits per heavy atom. The third-order valence-electron chi connectivity index (χ3n) is 4.02. The number of hydrogen-bond donors (Lipinski definition) is 0. The van der Waals surface area contributed by atoms with Gasteiger partial charge in [0.2, 0.25) is 0 Å². The van der Waals surface area contributed by atoms with E-state index in [1.165, 1.54) is 28.7 Å². The Morgan fingerprint density at radius 2 is 2.10 bits per heavy atom. The van der Waals surface area contributed by atoms with Crippen molar-refractivity contribution in [1.82, 2.24) is 9.55 Å². The molecule has 3 rings (SSSR count). The highest BCUT2D eigenvalue weighted by Gasteiger charge is 2.24. The largest absolute Gasteiger partial charge is 0.458 e. The van der Waals surface area contributed by atoms with Crippen molar-refractivity contribution < 1.29 is 9.53 Å². The molecular formula is C15H18N2O3S. The van der Waals surface area contributed by atoms with Crippen molar-refractivity contribution in [2.75, 3.05) is 0 Å². The standard InChI is InChI=1S/C15H18N2O3S/c1-9-11-13(16-8-17(2)14(11)18)21-12(9)15(19)20-10-6-4-3-5-7-10/h8,10H,3-7H2,1-2H3. The number of carbonyl (C=O) groups excluding carboxylic acids is 1. The van der Waals surface area contributed by atoms with Crippen LogP contribution in [0.15, 0.2) is 11.1 Å². The van der Waals surface area contributed by atoms with Crippen molar-refractivity contribution in [3.63, 3.8) is 0 Å². The molecule has 0 spiro atoms. The van der Waals surface area contributed by atoms with E-state index in [0.29, 0.717) is 20.7 Å². The molecule has 1 aliphatic carbocycles. The maximum absolute atomic E-state index is 12.4. The van der Waals surface area contributed by atoms with Crippen LogP contribution in [0.5, 0.6) is 0 Å². The molecule has 0 saturated heterocycles. The van der Waals surface area contributed by atoms with Gasteiger partial charge in [-0.1, -0.05) is 6.42 Å². The first-order valence-electron chi connectivity index (χ1n) is 7.23. The van der Waals surface area contributed by atoms with Gasteiger partial charge in [-0.25, -0.2) is 9.78 Å². The number of hydrogen-bond acceptors (Lipinski definition) is 5. The summed E-state index contributed by atoms with van der Waals surface area (Å²) in [6.45, 7) is 1.79. The van der Waals surface area contributed by atoms with E-state index in [0.717, 1.165) is 25.7 Å². The van der Waals surface area contributed by atoms with E-state index < -0.39 is 0 Å². The zero-order valence-electron chi connectivity index (χ0n) is 12.2. The van der Waals surface area contributed by atoms with Gasteiger partial charge in [-0.05, 0) is 38.2 Å². The monoisotopic (exact) mass is 306 g/mol. The minimum atomic E-state index is -0.315. The van der Waals surface area contributed by atoms with Crippen LogP contribution in [0.3, 0.4) is 0 Å². The molecule has 6 heteroatoms. The molecular weight excluding hydrogens is 288 g/mol. The summed E-state index contributed by atoms with van der Waals surface area (Å²) >= 11 is 1.24. The van der Waals surface area contributed by atoms with E-state index in [-0.39, 0.29) is 17.6 Å². The van der Waals surface area contributed by atoms with Crippen LogP contribution in [0, 0.1) is 6.92 Å². The molecule has 0 aromatic carbocycles. The number of aryl methyl sites for hydroxylation is 2. The summed E-state index contributed by atoms with van der Waals surface area (Å²) < 4.78 is 7.02. The molecule has 1 aliphatic rings. The highest BCUT2D eigenvalue weighted by Crippen LogP contribution is 2.29. The second-order valence-electron chi connectivity index (χ2n) is 5.56. The number of rotatable bonds is 2. The number of carbonyl (C=O) groups is 1. The summed E-state index contributed by atoms with van der Waals surface area (Å²) in [5, 5.41) is 0.528. The second-order valence-corrected chi connectivity index (χ2v) is 6.56. The molecule has 0 amide bonds. The van der Waals surface area contributed by atoms with Gasteiger partial charge in [0.1, 0.15) is 15.8 Å². The van der Waals surface area contributed by atoms with Crippen LogP contribution >= 0.6 is 11.3 Å². The number of aromatic nitrogens is 2. The minimum absolute atomic E-state index is 0.0201. The number of nitrogens with zero attached hydrogens (tertiary/aromatic N) is 2. The zero-order chi connectivity index (χ0) is 15.0. The van der Waals surface area contributed by atoms with E-state index in [1.807, 2.05) is 0 Å². The van der Waals surface area contributed by atoms with E-state index in [1.54, 1.807) is 14.0 Å². The van der Waals surface area contributed by atoms with Crippen LogP contribution in [0.1, 0.15) is 47.3 Å². The number of esters is 1. The zero-order valence-corrected chi connectivity index (χ0v) is 13.0. The predicted octanol–water partition coefficient (Wildman–Crippen LogP) is 2.79. The second kappa shape index (κ2) is 5.60. The van der Waals surface area contributed by atoms with E-state index in [2.05, 4.69) is 4.98 Å². The topological polar surface area (TPSA) is 61.2 Å². The van der Waals surface area contributed by atoms with Crippen molar-refractivity contribution >= 4 is 27.5 Å². The Hall–Kier alpha value is -1.69. The lowest BCUT2D eigenvalue weighted by molar-refractivity contribution is 0.0216. The normalized spacial score (nSPS) is 16.3. The predicted molar refractivity (Wildman–Crippen MR) is 81.9 cm³/mol. The fraction of sp³-hybridized carbons (Fsp3) is 0.533. The molecule has 0 radical (unpaired) electrons. The van der Waals surface area contributed by atoms with Gasteiger partial charge in [0.05, 0.1) is 11.7 Å². The summed E-state index contributed by atoms with van der Waals surface area (Å²) in [4.78, 5) is 29.8. The van der Waals surface area contributed by atoms with Crippen LogP contribution in [-0.2, 0) is 11.8 Å². The number of thiophene rings is 1. The Labute approximate surface area is 126 Å². The first kappa shape index (κ1) is 14.3. The van der Waals surface area contributed by atoms with Crippen molar-refractivity contribution in [1.29, 1.82) is 0 Å².